The number of hydrogen-bond donors (Lipinski definition) is 0. The summed E-state index contributed by atoms with van der Waals surface area (Å²) in [4.78, 5) is 21.9. The van der Waals surface area contributed by atoms with E-state index >= 15 is 0 Å². The van der Waals surface area contributed by atoms with Gasteiger partial charge in [0.2, 0.25) is 5.95 Å². The zero-order chi connectivity index (χ0) is 13.9. The van der Waals surface area contributed by atoms with Gasteiger partial charge in [-0.1, -0.05) is 0 Å². The predicted molar refractivity (Wildman–Crippen MR) is 77.7 cm³/mol. The molecule has 0 aliphatic carbocycles. The Balaban J connectivity index is 1.91. The largest absolute Gasteiger partial charge is 0.361 e. The highest BCUT2D eigenvalue weighted by Gasteiger charge is 2.29. The number of rotatable bonds is 3. The van der Waals surface area contributed by atoms with Gasteiger partial charge < -0.3 is 9.80 Å². The van der Waals surface area contributed by atoms with Crippen molar-refractivity contribution in [2.45, 2.75) is 18.9 Å². The monoisotopic (exact) mass is 270 g/mol. The molecule has 6 heteroatoms. The molecule has 1 fully saturated rings. The molecule has 3 rings (SSSR count). The van der Waals surface area contributed by atoms with Crippen LogP contribution in [-0.4, -0.2) is 40.6 Å². The minimum absolute atomic E-state index is 0.213. The lowest BCUT2D eigenvalue weighted by Crippen LogP contribution is -2.25. The number of aromatic nitrogens is 4. The average Bonchev–Trinajstić information content (AvgIpc) is 2.98. The lowest BCUT2D eigenvalue weighted by atomic mass is 10.1. The molecule has 6 nitrogen and oxygen atoms in total. The first-order valence-corrected chi connectivity index (χ1v) is 6.78. The Kier molecular flexibility index (Phi) is 3.45. The second-order valence-corrected chi connectivity index (χ2v) is 5.10. The van der Waals surface area contributed by atoms with Gasteiger partial charge in [0.25, 0.3) is 0 Å². The third-order valence-electron chi connectivity index (χ3n) is 3.50. The maximum atomic E-state index is 4.70. The van der Waals surface area contributed by atoms with Crippen LogP contribution in [-0.2, 0) is 0 Å². The van der Waals surface area contributed by atoms with Crippen molar-refractivity contribution in [3.8, 4) is 0 Å². The van der Waals surface area contributed by atoms with E-state index in [9.17, 15) is 0 Å². The molecule has 1 aliphatic rings. The smallest absolute Gasteiger partial charge is 0.225 e. The predicted octanol–water partition coefficient (Wildman–Crippen LogP) is 1.67. The van der Waals surface area contributed by atoms with Crippen LogP contribution in [0.15, 0.2) is 30.9 Å². The maximum Gasteiger partial charge on any atom is 0.225 e. The lowest BCUT2D eigenvalue weighted by molar-refractivity contribution is 0.674. The van der Waals surface area contributed by atoms with Gasteiger partial charge in [-0.25, -0.2) is 15.0 Å². The van der Waals surface area contributed by atoms with Crippen LogP contribution < -0.4 is 9.80 Å². The van der Waals surface area contributed by atoms with E-state index in [2.05, 4.69) is 19.9 Å². The van der Waals surface area contributed by atoms with Crippen molar-refractivity contribution in [2.75, 3.05) is 30.4 Å². The average molecular weight is 270 g/mol. The topological polar surface area (TPSA) is 58.0 Å². The van der Waals surface area contributed by atoms with Gasteiger partial charge in [-0.3, -0.25) is 4.98 Å². The molecule has 2 aromatic heterocycles. The highest BCUT2D eigenvalue weighted by molar-refractivity contribution is 5.39. The van der Waals surface area contributed by atoms with Crippen molar-refractivity contribution in [1.82, 2.24) is 19.9 Å². The van der Waals surface area contributed by atoms with Crippen LogP contribution in [0.1, 0.15) is 24.6 Å². The molecular formula is C14H18N6. The van der Waals surface area contributed by atoms with Crippen molar-refractivity contribution >= 4 is 11.8 Å². The summed E-state index contributed by atoms with van der Waals surface area (Å²) in [7, 11) is 3.95. The number of hydrogen-bond acceptors (Lipinski definition) is 6. The Morgan fingerprint density at radius 2 is 2.00 bits per heavy atom. The molecule has 0 amide bonds. The zero-order valence-corrected chi connectivity index (χ0v) is 11.8. The van der Waals surface area contributed by atoms with Crippen molar-refractivity contribution in [3.05, 3.63) is 36.5 Å². The minimum Gasteiger partial charge on any atom is -0.361 e. The molecule has 1 atom stereocenters. The summed E-state index contributed by atoms with van der Waals surface area (Å²) in [5.41, 5.74) is 0.987. The summed E-state index contributed by atoms with van der Waals surface area (Å²) in [6.07, 6.45) is 9.36. The fourth-order valence-electron chi connectivity index (χ4n) is 2.50. The van der Waals surface area contributed by atoms with Crippen LogP contribution >= 0.6 is 0 Å². The lowest BCUT2D eigenvalue weighted by Gasteiger charge is -2.24. The van der Waals surface area contributed by atoms with E-state index in [-0.39, 0.29) is 6.04 Å². The summed E-state index contributed by atoms with van der Waals surface area (Å²) in [5.74, 6) is 1.65. The Bertz CT molecular complexity index is 571. The van der Waals surface area contributed by atoms with E-state index in [0.717, 1.165) is 36.8 Å². The molecule has 2 aromatic rings. The summed E-state index contributed by atoms with van der Waals surface area (Å²) in [5, 5.41) is 0. The number of anilines is 2. The second kappa shape index (κ2) is 5.40. The molecule has 0 unspecified atom stereocenters. The second-order valence-electron chi connectivity index (χ2n) is 5.10. The molecule has 0 radical (unpaired) electrons. The third kappa shape index (κ3) is 2.41. The Morgan fingerprint density at radius 3 is 2.75 bits per heavy atom. The van der Waals surface area contributed by atoms with Gasteiger partial charge in [0.1, 0.15) is 5.82 Å². The van der Waals surface area contributed by atoms with E-state index in [1.807, 2.05) is 31.3 Å². The molecular weight excluding hydrogens is 252 g/mol. The summed E-state index contributed by atoms with van der Waals surface area (Å²) in [6, 6.07) is 2.05. The molecule has 1 saturated heterocycles. The van der Waals surface area contributed by atoms with Gasteiger partial charge in [-0.2, -0.15) is 0 Å². The fourth-order valence-corrected chi connectivity index (χ4v) is 2.50. The van der Waals surface area contributed by atoms with Crippen LogP contribution in [0.4, 0.5) is 11.8 Å². The molecule has 20 heavy (non-hydrogen) atoms. The quantitative estimate of drug-likeness (QED) is 0.845. The molecule has 3 heterocycles. The highest BCUT2D eigenvalue weighted by atomic mass is 15.3. The fraction of sp³-hybridized carbons (Fsp3) is 0.429. The molecule has 0 bridgehead atoms. The standard InChI is InChI=1S/C14H18N6/c1-19(2)13-10-15-9-11(18-13)12-5-3-8-20(12)14-16-6-4-7-17-14/h4,6-7,9-10,12H,3,5,8H2,1-2H3/t12-/m1/s1. The van der Waals surface area contributed by atoms with Crippen molar-refractivity contribution in [2.24, 2.45) is 0 Å². The Labute approximate surface area is 118 Å². The van der Waals surface area contributed by atoms with Crippen LogP contribution in [0, 0.1) is 0 Å². The maximum absolute atomic E-state index is 4.70. The van der Waals surface area contributed by atoms with E-state index in [4.69, 9.17) is 4.98 Å². The Morgan fingerprint density at radius 1 is 1.20 bits per heavy atom. The van der Waals surface area contributed by atoms with E-state index < -0.39 is 0 Å². The van der Waals surface area contributed by atoms with Crippen LogP contribution in [0.5, 0.6) is 0 Å². The first-order chi connectivity index (χ1) is 9.75. The SMILES string of the molecule is CN(C)c1cncc([C@H]2CCCN2c2ncccn2)n1. The van der Waals surface area contributed by atoms with E-state index in [0.29, 0.717) is 0 Å². The first kappa shape index (κ1) is 12.8. The summed E-state index contributed by atoms with van der Waals surface area (Å²) in [6.45, 7) is 0.961. The van der Waals surface area contributed by atoms with Crippen molar-refractivity contribution < 1.29 is 0 Å². The molecule has 0 N–H and O–H groups in total. The van der Waals surface area contributed by atoms with Gasteiger partial charge >= 0.3 is 0 Å². The van der Waals surface area contributed by atoms with Crippen LogP contribution in [0.25, 0.3) is 0 Å². The summed E-state index contributed by atoms with van der Waals surface area (Å²) >= 11 is 0. The van der Waals surface area contributed by atoms with Gasteiger partial charge in [0.05, 0.1) is 24.1 Å². The zero-order valence-electron chi connectivity index (χ0n) is 11.8. The number of nitrogens with zero attached hydrogens (tertiary/aromatic N) is 6. The van der Waals surface area contributed by atoms with Crippen LogP contribution in [0.3, 0.4) is 0 Å². The molecule has 0 saturated carbocycles. The normalized spacial score (nSPS) is 18.3. The van der Waals surface area contributed by atoms with Gasteiger partial charge in [-0.05, 0) is 18.9 Å². The van der Waals surface area contributed by atoms with Gasteiger partial charge in [0.15, 0.2) is 0 Å². The van der Waals surface area contributed by atoms with E-state index in [1.54, 1.807) is 18.6 Å². The van der Waals surface area contributed by atoms with Crippen LogP contribution in [0.2, 0.25) is 0 Å². The van der Waals surface area contributed by atoms with Gasteiger partial charge in [0, 0.05) is 33.0 Å². The Hall–Kier alpha value is -2.24. The van der Waals surface area contributed by atoms with E-state index in [1.165, 1.54) is 0 Å². The molecule has 0 aromatic carbocycles. The molecule has 0 spiro atoms. The highest BCUT2D eigenvalue weighted by Crippen LogP contribution is 2.33. The first-order valence-electron chi connectivity index (χ1n) is 6.78. The molecule has 104 valence electrons. The van der Waals surface area contributed by atoms with Gasteiger partial charge in [-0.15, -0.1) is 0 Å². The third-order valence-corrected chi connectivity index (χ3v) is 3.50. The molecule has 1 aliphatic heterocycles. The van der Waals surface area contributed by atoms with Crippen molar-refractivity contribution in [3.63, 3.8) is 0 Å². The minimum atomic E-state index is 0.213. The summed E-state index contributed by atoms with van der Waals surface area (Å²) < 4.78 is 0. The van der Waals surface area contributed by atoms with Crippen molar-refractivity contribution in [1.29, 1.82) is 0 Å².